The summed E-state index contributed by atoms with van der Waals surface area (Å²) in [6, 6.07) is 2.61. The smallest absolute Gasteiger partial charge is 0.191 e. The number of carbonyl (C=O) groups is 1. The molecule has 0 unspecified atom stereocenters. The minimum atomic E-state index is -1.12. The second kappa shape index (κ2) is 5.67. The van der Waals surface area contributed by atoms with Crippen molar-refractivity contribution in [2.45, 2.75) is 6.92 Å². The van der Waals surface area contributed by atoms with Gasteiger partial charge in [-0.3, -0.25) is 4.79 Å². The van der Waals surface area contributed by atoms with Crippen molar-refractivity contribution < 1.29 is 18.3 Å². The van der Waals surface area contributed by atoms with Crippen LogP contribution in [0, 0.1) is 18.6 Å². The van der Waals surface area contributed by atoms with Crippen LogP contribution in [0.25, 0.3) is 0 Å². The number of benzene rings is 1. The van der Waals surface area contributed by atoms with Crippen LogP contribution in [0.2, 0.25) is 0 Å². The highest BCUT2D eigenvalue weighted by atomic mass is 19.2. The molecule has 3 nitrogen and oxygen atoms in total. The van der Waals surface area contributed by atoms with Gasteiger partial charge in [0.25, 0.3) is 0 Å². The number of carbonyl (C=O) groups excluding carboxylic acids is 1. The maximum atomic E-state index is 13.3. The summed E-state index contributed by atoms with van der Waals surface area (Å²) < 4.78 is 31.4. The van der Waals surface area contributed by atoms with Crippen LogP contribution in [0.3, 0.4) is 0 Å². The van der Waals surface area contributed by atoms with Gasteiger partial charge in [-0.2, -0.15) is 0 Å². The fourth-order valence-electron chi connectivity index (χ4n) is 1.19. The summed E-state index contributed by atoms with van der Waals surface area (Å²) in [7, 11) is 0. The second-order valence-corrected chi connectivity index (χ2v) is 3.32. The molecule has 0 aliphatic heterocycles. The SMILES string of the molecule is Cc1ccc(C(=O)COCCN)c(F)c1F. The minimum absolute atomic E-state index is 0.164. The van der Waals surface area contributed by atoms with E-state index < -0.39 is 17.4 Å². The third-order valence-corrected chi connectivity index (χ3v) is 2.07. The lowest BCUT2D eigenvalue weighted by molar-refractivity contribution is 0.0769. The van der Waals surface area contributed by atoms with Crippen molar-refractivity contribution in [1.82, 2.24) is 0 Å². The number of nitrogens with two attached hydrogens (primary N) is 1. The van der Waals surface area contributed by atoms with E-state index in [4.69, 9.17) is 10.5 Å². The first-order chi connectivity index (χ1) is 7.57. The van der Waals surface area contributed by atoms with E-state index in [1.165, 1.54) is 19.1 Å². The van der Waals surface area contributed by atoms with Gasteiger partial charge in [0.2, 0.25) is 0 Å². The molecule has 0 saturated carbocycles. The summed E-state index contributed by atoms with van der Waals surface area (Å²) in [5, 5.41) is 0. The van der Waals surface area contributed by atoms with Crippen molar-refractivity contribution in [2.75, 3.05) is 19.8 Å². The van der Waals surface area contributed by atoms with Crippen LogP contribution in [0.15, 0.2) is 12.1 Å². The number of ketones is 1. The molecule has 0 bridgehead atoms. The average Bonchev–Trinajstić information content (AvgIpc) is 2.26. The minimum Gasteiger partial charge on any atom is -0.372 e. The summed E-state index contributed by atoms with van der Waals surface area (Å²) in [6.07, 6.45) is 0. The van der Waals surface area contributed by atoms with E-state index in [2.05, 4.69) is 0 Å². The molecule has 1 rings (SSSR count). The molecule has 0 heterocycles. The topological polar surface area (TPSA) is 52.3 Å². The van der Waals surface area contributed by atoms with Gasteiger partial charge in [0.05, 0.1) is 12.2 Å². The highest BCUT2D eigenvalue weighted by molar-refractivity contribution is 5.97. The van der Waals surface area contributed by atoms with Crippen molar-refractivity contribution >= 4 is 5.78 Å². The average molecular weight is 229 g/mol. The molecule has 0 spiro atoms. The van der Waals surface area contributed by atoms with Gasteiger partial charge in [-0.05, 0) is 18.6 Å². The van der Waals surface area contributed by atoms with Gasteiger partial charge in [-0.15, -0.1) is 0 Å². The molecule has 5 heteroatoms. The molecule has 2 N–H and O–H groups in total. The molecule has 0 aromatic heterocycles. The molecular formula is C11H13F2NO2. The molecule has 1 aromatic carbocycles. The van der Waals surface area contributed by atoms with Crippen molar-refractivity contribution in [2.24, 2.45) is 5.73 Å². The number of rotatable bonds is 5. The molecule has 0 atom stereocenters. The highest BCUT2D eigenvalue weighted by Crippen LogP contribution is 2.16. The number of halogens is 2. The number of ether oxygens (including phenoxy) is 1. The number of Topliss-reactive ketones (excluding diaryl/α,β-unsaturated/α-hetero) is 1. The predicted octanol–water partition coefficient (Wildman–Crippen LogP) is 1.43. The Labute approximate surface area is 92.2 Å². The van der Waals surface area contributed by atoms with Crippen LogP contribution >= 0.6 is 0 Å². The maximum absolute atomic E-state index is 13.3. The van der Waals surface area contributed by atoms with Crippen LogP contribution in [0.1, 0.15) is 15.9 Å². The van der Waals surface area contributed by atoms with Gasteiger partial charge in [-0.1, -0.05) is 6.07 Å². The van der Waals surface area contributed by atoms with Crippen LogP contribution in [0.5, 0.6) is 0 Å². The summed E-state index contributed by atoms with van der Waals surface area (Å²) in [4.78, 5) is 11.4. The zero-order valence-electron chi connectivity index (χ0n) is 8.93. The lowest BCUT2D eigenvalue weighted by Gasteiger charge is -2.05. The quantitative estimate of drug-likeness (QED) is 0.614. The zero-order valence-corrected chi connectivity index (χ0v) is 8.93. The van der Waals surface area contributed by atoms with Crippen LogP contribution in [0.4, 0.5) is 8.78 Å². The van der Waals surface area contributed by atoms with E-state index in [0.29, 0.717) is 0 Å². The fourth-order valence-corrected chi connectivity index (χ4v) is 1.19. The first kappa shape index (κ1) is 12.7. The number of hydrogen-bond donors (Lipinski definition) is 1. The predicted molar refractivity (Wildman–Crippen MR) is 55.3 cm³/mol. The van der Waals surface area contributed by atoms with E-state index in [1.54, 1.807) is 0 Å². The first-order valence-corrected chi connectivity index (χ1v) is 4.83. The largest absolute Gasteiger partial charge is 0.372 e. The summed E-state index contributed by atoms with van der Waals surface area (Å²) in [5.74, 6) is -2.71. The van der Waals surface area contributed by atoms with Gasteiger partial charge >= 0.3 is 0 Å². The van der Waals surface area contributed by atoms with E-state index in [0.717, 1.165) is 0 Å². The molecule has 88 valence electrons. The fraction of sp³-hybridized carbons (Fsp3) is 0.364. The maximum Gasteiger partial charge on any atom is 0.191 e. The number of aryl methyl sites for hydroxylation is 1. The third-order valence-electron chi connectivity index (χ3n) is 2.07. The normalized spacial score (nSPS) is 10.5. The lowest BCUT2D eigenvalue weighted by Crippen LogP contribution is -2.16. The van der Waals surface area contributed by atoms with E-state index in [1.807, 2.05) is 0 Å². The zero-order chi connectivity index (χ0) is 12.1. The van der Waals surface area contributed by atoms with Crippen LogP contribution in [-0.4, -0.2) is 25.5 Å². The van der Waals surface area contributed by atoms with Crippen LogP contribution in [-0.2, 0) is 4.74 Å². The van der Waals surface area contributed by atoms with E-state index in [-0.39, 0.29) is 30.9 Å². The first-order valence-electron chi connectivity index (χ1n) is 4.83. The van der Waals surface area contributed by atoms with Gasteiger partial charge in [-0.25, -0.2) is 8.78 Å². The van der Waals surface area contributed by atoms with Gasteiger partial charge < -0.3 is 10.5 Å². The molecule has 16 heavy (non-hydrogen) atoms. The van der Waals surface area contributed by atoms with Crippen molar-refractivity contribution in [3.8, 4) is 0 Å². The Bertz CT molecular complexity index is 394. The van der Waals surface area contributed by atoms with Crippen LogP contribution < -0.4 is 5.73 Å². The molecule has 0 aliphatic carbocycles. The Morgan fingerprint density at radius 1 is 1.38 bits per heavy atom. The molecule has 0 amide bonds. The van der Waals surface area contributed by atoms with Gasteiger partial charge in [0.15, 0.2) is 17.4 Å². The Morgan fingerprint density at radius 3 is 2.69 bits per heavy atom. The number of hydrogen-bond acceptors (Lipinski definition) is 3. The highest BCUT2D eigenvalue weighted by Gasteiger charge is 2.16. The van der Waals surface area contributed by atoms with Crippen molar-refractivity contribution in [3.63, 3.8) is 0 Å². The van der Waals surface area contributed by atoms with Gasteiger partial charge in [0.1, 0.15) is 6.61 Å². The van der Waals surface area contributed by atoms with E-state index >= 15 is 0 Å². The van der Waals surface area contributed by atoms with Crippen molar-refractivity contribution in [1.29, 1.82) is 0 Å². The molecule has 0 radical (unpaired) electrons. The monoisotopic (exact) mass is 229 g/mol. The second-order valence-electron chi connectivity index (χ2n) is 3.32. The molecular weight excluding hydrogens is 216 g/mol. The Balaban J connectivity index is 2.80. The summed E-state index contributed by atoms with van der Waals surface area (Å²) in [5.41, 5.74) is 5.03. The Kier molecular flexibility index (Phi) is 4.52. The molecule has 1 aromatic rings. The Morgan fingerprint density at radius 2 is 2.06 bits per heavy atom. The third kappa shape index (κ3) is 2.84. The standard InChI is InChI=1S/C11H13F2NO2/c1-7-2-3-8(11(13)10(7)12)9(15)6-16-5-4-14/h2-3H,4-6,14H2,1H3. The molecule has 0 saturated heterocycles. The van der Waals surface area contributed by atoms with Gasteiger partial charge in [0, 0.05) is 6.54 Å². The summed E-state index contributed by atoms with van der Waals surface area (Å²) >= 11 is 0. The summed E-state index contributed by atoms with van der Waals surface area (Å²) in [6.45, 7) is 1.62. The Hall–Kier alpha value is -1.33. The molecule has 0 fully saturated rings. The van der Waals surface area contributed by atoms with Crippen molar-refractivity contribution in [3.05, 3.63) is 34.9 Å². The molecule has 0 aliphatic rings. The van der Waals surface area contributed by atoms with E-state index in [9.17, 15) is 13.6 Å². The lowest BCUT2D eigenvalue weighted by atomic mass is 10.1.